The molecule has 1 saturated heterocycles. The molecule has 30 heavy (non-hydrogen) atoms. The van der Waals surface area contributed by atoms with E-state index in [2.05, 4.69) is 25.7 Å². The Morgan fingerprint density at radius 3 is 2.40 bits per heavy atom. The largest absolute Gasteiger partial charge is 0.465 e. The van der Waals surface area contributed by atoms with Crippen LogP contribution in [0, 0.1) is 11.2 Å². The summed E-state index contributed by atoms with van der Waals surface area (Å²) in [7, 11) is 0. The molecule has 1 amide bonds. The molecular formula is C23H27Cl2FN2O2. The lowest BCUT2D eigenvalue weighted by molar-refractivity contribution is 0.0520. The Balaban J connectivity index is 1.94. The number of nitrogens with zero attached hydrogens (tertiary/aromatic N) is 2. The number of carboxylic acid groups (broad SMARTS) is 1. The summed E-state index contributed by atoms with van der Waals surface area (Å²) in [5.74, 6) is -0.290. The van der Waals surface area contributed by atoms with Gasteiger partial charge in [0, 0.05) is 30.9 Å². The summed E-state index contributed by atoms with van der Waals surface area (Å²) in [5, 5.41) is 10.7. The first kappa shape index (κ1) is 22.7. The Labute approximate surface area is 187 Å². The van der Waals surface area contributed by atoms with E-state index in [4.69, 9.17) is 23.2 Å². The molecule has 3 rings (SSSR count). The predicted octanol–water partition coefficient (Wildman–Crippen LogP) is 6.70. The smallest absolute Gasteiger partial charge is 0.407 e. The second-order valence-electron chi connectivity index (χ2n) is 8.89. The normalized spacial score (nSPS) is 19.6. The maximum atomic E-state index is 13.6. The van der Waals surface area contributed by atoms with Crippen LogP contribution < -0.4 is 4.90 Å². The van der Waals surface area contributed by atoms with Crippen LogP contribution >= 0.6 is 23.2 Å². The molecular weight excluding hydrogens is 426 g/mol. The van der Waals surface area contributed by atoms with Gasteiger partial charge in [-0.25, -0.2) is 9.18 Å². The molecule has 4 nitrogen and oxygen atoms in total. The Morgan fingerprint density at radius 2 is 1.83 bits per heavy atom. The van der Waals surface area contributed by atoms with Crippen molar-refractivity contribution < 1.29 is 14.3 Å². The van der Waals surface area contributed by atoms with Gasteiger partial charge >= 0.3 is 6.09 Å². The summed E-state index contributed by atoms with van der Waals surface area (Å²) in [5.41, 5.74) is 1.68. The van der Waals surface area contributed by atoms with Gasteiger partial charge in [0.05, 0.1) is 10.0 Å². The van der Waals surface area contributed by atoms with Crippen molar-refractivity contribution in [1.29, 1.82) is 0 Å². The van der Waals surface area contributed by atoms with Crippen LogP contribution in [0.4, 0.5) is 14.9 Å². The van der Waals surface area contributed by atoms with Crippen LogP contribution in [-0.4, -0.2) is 34.7 Å². The number of likely N-dealkylation sites (tertiary alicyclic amines) is 1. The minimum Gasteiger partial charge on any atom is -0.465 e. The van der Waals surface area contributed by atoms with E-state index in [1.807, 2.05) is 12.1 Å². The highest BCUT2D eigenvalue weighted by atomic mass is 35.5. The number of piperidine rings is 1. The summed E-state index contributed by atoms with van der Waals surface area (Å²) in [6.07, 6.45) is 0.498. The Morgan fingerprint density at radius 1 is 1.17 bits per heavy atom. The van der Waals surface area contributed by atoms with Gasteiger partial charge in [0.15, 0.2) is 0 Å². The van der Waals surface area contributed by atoms with E-state index >= 15 is 0 Å². The van der Waals surface area contributed by atoms with Gasteiger partial charge in [0.2, 0.25) is 0 Å². The second-order valence-corrected chi connectivity index (χ2v) is 9.70. The number of halogens is 3. The van der Waals surface area contributed by atoms with Crippen molar-refractivity contribution >= 4 is 35.0 Å². The summed E-state index contributed by atoms with van der Waals surface area (Å²) < 4.78 is 13.6. The van der Waals surface area contributed by atoms with Gasteiger partial charge in [0.1, 0.15) is 5.82 Å². The Bertz CT molecular complexity index is 899. The van der Waals surface area contributed by atoms with Crippen molar-refractivity contribution in [2.75, 3.05) is 11.4 Å². The number of anilines is 1. The predicted molar refractivity (Wildman–Crippen MR) is 120 cm³/mol. The zero-order chi connectivity index (χ0) is 22.1. The highest BCUT2D eigenvalue weighted by Gasteiger charge is 2.40. The van der Waals surface area contributed by atoms with Crippen LogP contribution in [0.1, 0.15) is 39.2 Å². The van der Waals surface area contributed by atoms with Crippen molar-refractivity contribution in [3.63, 3.8) is 0 Å². The molecule has 1 aliphatic heterocycles. The third kappa shape index (κ3) is 5.19. The van der Waals surface area contributed by atoms with Crippen LogP contribution in [0.5, 0.6) is 0 Å². The van der Waals surface area contributed by atoms with E-state index in [9.17, 15) is 14.3 Å². The van der Waals surface area contributed by atoms with Crippen LogP contribution in [0.2, 0.25) is 10.0 Å². The zero-order valence-electron chi connectivity index (χ0n) is 17.4. The van der Waals surface area contributed by atoms with Gasteiger partial charge in [0.25, 0.3) is 0 Å². The van der Waals surface area contributed by atoms with E-state index in [1.54, 1.807) is 23.1 Å². The van der Waals surface area contributed by atoms with Crippen LogP contribution in [-0.2, 0) is 6.54 Å². The molecule has 162 valence electrons. The second kappa shape index (κ2) is 9.03. The molecule has 1 heterocycles. The number of hydrogen-bond donors (Lipinski definition) is 1. The number of amides is 1. The van der Waals surface area contributed by atoms with Gasteiger partial charge in [-0.1, -0.05) is 50.0 Å². The summed E-state index contributed by atoms with van der Waals surface area (Å²) in [6.45, 7) is 7.23. The molecule has 2 aromatic carbocycles. The molecule has 2 unspecified atom stereocenters. The minimum absolute atomic E-state index is 0.102. The van der Waals surface area contributed by atoms with Gasteiger partial charge in [-0.2, -0.15) is 0 Å². The summed E-state index contributed by atoms with van der Waals surface area (Å²) in [4.78, 5) is 15.6. The first-order valence-electron chi connectivity index (χ1n) is 10.0. The van der Waals surface area contributed by atoms with Gasteiger partial charge < -0.3 is 14.9 Å². The minimum atomic E-state index is -0.883. The third-order valence-electron chi connectivity index (χ3n) is 5.76. The molecule has 1 fully saturated rings. The van der Waals surface area contributed by atoms with Gasteiger partial charge in [-0.3, -0.25) is 0 Å². The van der Waals surface area contributed by atoms with Crippen LogP contribution in [0.25, 0.3) is 0 Å². The van der Waals surface area contributed by atoms with E-state index < -0.39 is 6.09 Å². The lowest BCUT2D eigenvalue weighted by Gasteiger charge is -2.48. The lowest BCUT2D eigenvalue weighted by Crippen LogP contribution is -2.56. The van der Waals surface area contributed by atoms with Crippen molar-refractivity contribution in [2.24, 2.45) is 5.41 Å². The molecule has 2 aromatic rings. The average molecular weight is 453 g/mol. The fourth-order valence-electron chi connectivity index (χ4n) is 4.18. The molecule has 0 spiro atoms. The first-order valence-corrected chi connectivity index (χ1v) is 10.8. The molecule has 0 aliphatic carbocycles. The third-order valence-corrected chi connectivity index (χ3v) is 6.50. The zero-order valence-corrected chi connectivity index (χ0v) is 18.9. The van der Waals surface area contributed by atoms with E-state index in [0.29, 0.717) is 36.0 Å². The first-order chi connectivity index (χ1) is 14.1. The maximum absolute atomic E-state index is 13.6. The molecule has 1 aliphatic rings. The van der Waals surface area contributed by atoms with Crippen LogP contribution in [0.3, 0.4) is 0 Å². The molecule has 0 bridgehead atoms. The number of hydrogen-bond acceptors (Lipinski definition) is 2. The van der Waals surface area contributed by atoms with E-state index in [1.165, 1.54) is 12.1 Å². The standard InChI is InChI=1S/C23H27Cl2FN2O2/c1-23(2,3)21-13-18(10-11-27(21)22(29)30)28(17-7-5-16(26)6-8-17)14-15-4-9-19(24)20(25)12-15/h4-9,12,18,21H,10-11,13-14H2,1-3H3,(H,29,30). The maximum Gasteiger partial charge on any atom is 0.407 e. The highest BCUT2D eigenvalue weighted by Crippen LogP contribution is 2.36. The lowest BCUT2D eigenvalue weighted by atomic mass is 9.78. The number of benzene rings is 2. The number of carbonyl (C=O) groups is 1. The van der Waals surface area contributed by atoms with Crippen molar-refractivity contribution in [3.8, 4) is 0 Å². The van der Waals surface area contributed by atoms with E-state index in [0.717, 1.165) is 11.3 Å². The molecule has 0 saturated carbocycles. The molecule has 2 atom stereocenters. The van der Waals surface area contributed by atoms with Crippen molar-refractivity contribution in [3.05, 3.63) is 63.9 Å². The van der Waals surface area contributed by atoms with Gasteiger partial charge in [-0.05, 0) is 60.2 Å². The van der Waals surface area contributed by atoms with Crippen molar-refractivity contribution in [2.45, 2.75) is 52.2 Å². The Kier molecular flexibility index (Phi) is 6.83. The molecule has 0 radical (unpaired) electrons. The van der Waals surface area contributed by atoms with Crippen LogP contribution in [0.15, 0.2) is 42.5 Å². The quantitative estimate of drug-likeness (QED) is 0.561. The van der Waals surface area contributed by atoms with E-state index in [-0.39, 0.29) is 23.3 Å². The fraction of sp³-hybridized carbons (Fsp3) is 0.435. The summed E-state index contributed by atoms with van der Waals surface area (Å²) >= 11 is 12.3. The topological polar surface area (TPSA) is 43.8 Å². The average Bonchev–Trinajstić information content (AvgIpc) is 2.68. The molecule has 7 heteroatoms. The molecule has 1 N–H and O–H groups in total. The van der Waals surface area contributed by atoms with Gasteiger partial charge in [-0.15, -0.1) is 0 Å². The number of rotatable bonds is 4. The SMILES string of the molecule is CC(C)(C)C1CC(N(Cc2ccc(Cl)c(Cl)c2)c2ccc(F)cc2)CCN1C(=O)O. The monoisotopic (exact) mass is 452 g/mol. The summed E-state index contributed by atoms with van der Waals surface area (Å²) in [6, 6.07) is 12.0. The molecule has 0 aromatic heterocycles. The Hall–Kier alpha value is -1.98. The fourth-order valence-corrected chi connectivity index (χ4v) is 4.50. The van der Waals surface area contributed by atoms with Crippen molar-refractivity contribution in [1.82, 2.24) is 4.90 Å². The highest BCUT2D eigenvalue weighted by molar-refractivity contribution is 6.42.